The van der Waals surface area contributed by atoms with Gasteiger partial charge in [-0.15, -0.1) is 0 Å². The SMILES string of the molecule is Cc1ccc(CC[C@@H]2COC(C)(C)N2C(=O)OC(C)(C)C)cc1. The zero-order chi connectivity index (χ0) is 17.3. The summed E-state index contributed by atoms with van der Waals surface area (Å²) in [5, 5.41) is 0. The van der Waals surface area contributed by atoms with Crippen LogP contribution in [0.3, 0.4) is 0 Å². The maximum atomic E-state index is 12.6. The number of rotatable bonds is 3. The largest absolute Gasteiger partial charge is 0.444 e. The van der Waals surface area contributed by atoms with E-state index < -0.39 is 11.3 Å². The second-order valence-electron chi connectivity index (χ2n) is 7.79. The number of hydrogen-bond acceptors (Lipinski definition) is 3. The van der Waals surface area contributed by atoms with Crippen molar-refractivity contribution in [3.05, 3.63) is 35.4 Å². The van der Waals surface area contributed by atoms with Crippen LogP contribution in [0.1, 0.15) is 52.2 Å². The minimum atomic E-state index is -0.625. The van der Waals surface area contributed by atoms with Gasteiger partial charge < -0.3 is 9.47 Å². The third kappa shape index (κ3) is 4.71. The van der Waals surface area contributed by atoms with Gasteiger partial charge in [0.1, 0.15) is 11.3 Å². The monoisotopic (exact) mass is 319 g/mol. The van der Waals surface area contributed by atoms with Gasteiger partial charge in [0, 0.05) is 0 Å². The fourth-order valence-electron chi connectivity index (χ4n) is 2.86. The van der Waals surface area contributed by atoms with Gasteiger partial charge in [-0.2, -0.15) is 0 Å². The minimum Gasteiger partial charge on any atom is -0.444 e. The van der Waals surface area contributed by atoms with Gasteiger partial charge in [0.05, 0.1) is 12.6 Å². The molecule has 4 heteroatoms. The average Bonchev–Trinajstić information content (AvgIpc) is 2.71. The van der Waals surface area contributed by atoms with Crippen molar-refractivity contribution in [1.82, 2.24) is 4.90 Å². The highest BCUT2D eigenvalue weighted by atomic mass is 16.6. The molecule has 0 aromatic heterocycles. The first-order valence-electron chi connectivity index (χ1n) is 8.30. The molecule has 4 nitrogen and oxygen atoms in total. The molecule has 1 aromatic rings. The van der Waals surface area contributed by atoms with Crippen molar-refractivity contribution < 1.29 is 14.3 Å². The van der Waals surface area contributed by atoms with E-state index in [1.165, 1.54) is 11.1 Å². The Morgan fingerprint density at radius 2 is 1.91 bits per heavy atom. The van der Waals surface area contributed by atoms with Crippen LogP contribution in [0, 0.1) is 6.92 Å². The van der Waals surface area contributed by atoms with Crippen LogP contribution < -0.4 is 0 Å². The number of aryl methyl sites for hydroxylation is 2. The molecule has 0 radical (unpaired) electrons. The van der Waals surface area contributed by atoms with Gasteiger partial charge >= 0.3 is 6.09 Å². The number of carbonyl (C=O) groups excluding carboxylic acids is 1. The minimum absolute atomic E-state index is 0.0427. The molecule has 0 bridgehead atoms. The van der Waals surface area contributed by atoms with E-state index in [0.29, 0.717) is 6.61 Å². The Kier molecular flexibility index (Phi) is 5.04. The Labute approximate surface area is 139 Å². The summed E-state index contributed by atoms with van der Waals surface area (Å²) < 4.78 is 11.4. The molecule has 2 rings (SSSR count). The molecule has 1 aliphatic rings. The van der Waals surface area contributed by atoms with E-state index in [1.54, 1.807) is 4.90 Å². The standard InChI is InChI=1S/C19H29NO3/c1-14-7-9-15(10-8-14)11-12-16-13-22-19(5,6)20(16)17(21)23-18(2,3)4/h7-10,16H,11-13H2,1-6H3/t16-/m1/s1. The lowest BCUT2D eigenvalue weighted by Gasteiger charge is -2.35. The van der Waals surface area contributed by atoms with Crippen LogP contribution in [0.4, 0.5) is 4.79 Å². The van der Waals surface area contributed by atoms with Crippen molar-refractivity contribution in [2.24, 2.45) is 0 Å². The van der Waals surface area contributed by atoms with Crippen molar-refractivity contribution in [3.8, 4) is 0 Å². The molecule has 0 saturated carbocycles. The highest BCUT2D eigenvalue weighted by molar-refractivity contribution is 5.69. The maximum absolute atomic E-state index is 12.6. The van der Waals surface area contributed by atoms with Gasteiger partial charge in [0.2, 0.25) is 0 Å². The van der Waals surface area contributed by atoms with E-state index in [-0.39, 0.29) is 12.1 Å². The molecule has 1 amide bonds. The van der Waals surface area contributed by atoms with Gasteiger partial charge in [0.15, 0.2) is 0 Å². The number of benzene rings is 1. The molecule has 1 heterocycles. The second kappa shape index (κ2) is 6.52. The van der Waals surface area contributed by atoms with Gasteiger partial charge in [-0.25, -0.2) is 4.79 Å². The van der Waals surface area contributed by atoms with E-state index in [4.69, 9.17) is 9.47 Å². The molecule has 0 N–H and O–H groups in total. The van der Waals surface area contributed by atoms with Gasteiger partial charge in [0.25, 0.3) is 0 Å². The summed E-state index contributed by atoms with van der Waals surface area (Å²) in [5.74, 6) is 0. The predicted octanol–water partition coefficient (Wildman–Crippen LogP) is 4.30. The molecule has 23 heavy (non-hydrogen) atoms. The van der Waals surface area contributed by atoms with Crippen molar-refractivity contribution in [2.45, 2.75) is 71.8 Å². The molecule has 1 atom stereocenters. The molecule has 0 aliphatic carbocycles. The third-order valence-corrected chi connectivity index (χ3v) is 4.05. The van der Waals surface area contributed by atoms with Gasteiger partial charge in [-0.1, -0.05) is 29.8 Å². The smallest absolute Gasteiger partial charge is 0.412 e. The molecule has 1 fully saturated rings. The van der Waals surface area contributed by atoms with Crippen molar-refractivity contribution in [1.29, 1.82) is 0 Å². The van der Waals surface area contributed by atoms with E-state index in [1.807, 2.05) is 34.6 Å². The molecule has 1 aliphatic heterocycles. The normalized spacial score (nSPS) is 20.6. The van der Waals surface area contributed by atoms with Crippen LogP contribution >= 0.6 is 0 Å². The number of carbonyl (C=O) groups is 1. The first-order valence-corrected chi connectivity index (χ1v) is 8.30. The van der Waals surface area contributed by atoms with E-state index >= 15 is 0 Å². The highest BCUT2D eigenvalue weighted by Gasteiger charge is 2.45. The Hall–Kier alpha value is -1.55. The second-order valence-corrected chi connectivity index (χ2v) is 7.79. The Balaban J connectivity index is 2.04. The summed E-state index contributed by atoms with van der Waals surface area (Å²) in [5.41, 5.74) is 1.41. The van der Waals surface area contributed by atoms with Crippen LogP contribution in [-0.4, -0.2) is 35.0 Å². The number of ether oxygens (including phenoxy) is 2. The fourth-order valence-corrected chi connectivity index (χ4v) is 2.86. The average molecular weight is 319 g/mol. The third-order valence-electron chi connectivity index (χ3n) is 4.05. The Morgan fingerprint density at radius 1 is 1.30 bits per heavy atom. The van der Waals surface area contributed by atoms with Crippen LogP contribution in [-0.2, 0) is 15.9 Å². The number of hydrogen-bond donors (Lipinski definition) is 0. The molecule has 1 saturated heterocycles. The zero-order valence-corrected chi connectivity index (χ0v) is 15.2. The molecule has 128 valence electrons. The molecular formula is C19H29NO3. The first kappa shape index (κ1) is 17.8. The summed E-state index contributed by atoms with van der Waals surface area (Å²) >= 11 is 0. The molecule has 0 spiro atoms. The van der Waals surface area contributed by atoms with E-state index in [0.717, 1.165) is 12.8 Å². The number of nitrogens with zero attached hydrogens (tertiary/aromatic N) is 1. The van der Waals surface area contributed by atoms with Crippen LogP contribution in [0.15, 0.2) is 24.3 Å². The van der Waals surface area contributed by atoms with E-state index in [9.17, 15) is 4.79 Å². The maximum Gasteiger partial charge on any atom is 0.412 e. The summed E-state index contributed by atoms with van der Waals surface area (Å²) in [7, 11) is 0. The van der Waals surface area contributed by atoms with Crippen LogP contribution in [0.2, 0.25) is 0 Å². The summed E-state index contributed by atoms with van der Waals surface area (Å²) in [6.07, 6.45) is 1.49. The Morgan fingerprint density at radius 3 is 2.48 bits per heavy atom. The first-order chi connectivity index (χ1) is 10.6. The summed E-state index contributed by atoms with van der Waals surface area (Å²) in [4.78, 5) is 14.3. The van der Waals surface area contributed by atoms with E-state index in [2.05, 4.69) is 31.2 Å². The van der Waals surface area contributed by atoms with Crippen molar-refractivity contribution in [3.63, 3.8) is 0 Å². The van der Waals surface area contributed by atoms with Gasteiger partial charge in [-0.05, 0) is 59.9 Å². The van der Waals surface area contributed by atoms with Gasteiger partial charge in [-0.3, -0.25) is 4.90 Å². The molecule has 0 unspecified atom stereocenters. The summed E-state index contributed by atoms with van der Waals surface area (Å²) in [6, 6.07) is 8.58. The molecule has 1 aromatic carbocycles. The summed E-state index contributed by atoms with van der Waals surface area (Å²) in [6.45, 7) is 12.1. The fraction of sp³-hybridized carbons (Fsp3) is 0.632. The predicted molar refractivity (Wildman–Crippen MR) is 91.4 cm³/mol. The topological polar surface area (TPSA) is 38.8 Å². The van der Waals surface area contributed by atoms with Crippen molar-refractivity contribution >= 4 is 6.09 Å². The quantitative estimate of drug-likeness (QED) is 0.834. The zero-order valence-electron chi connectivity index (χ0n) is 15.2. The van der Waals surface area contributed by atoms with Crippen LogP contribution in [0.25, 0.3) is 0 Å². The Bertz CT molecular complexity index is 543. The lowest BCUT2D eigenvalue weighted by Crippen LogP contribution is -2.49. The van der Waals surface area contributed by atoms with Crippen molar-refractivity contribution in [2.75, 3.05) is 6.61 Å². The van der Waals surface area contributed by atoms with Crippen LogP contribution in [0.5, 0.6) is 0 Å². The lowest BCUT2D eigenvalue weighted by atomic mass is 10.0. The number of amides is 1. The highest BCUT2D eigenvalue weighted by Crippen LogP contribution is 2.31. The molecular weight excluding hydrogens is 290 g/mol. The lowest BCUT2D eigenvalue weighted by molar-refractivity contribution is -0.0626.